The number of carboxylic acids is 1. The summed E-state index contributed by atoms with van der Waals surface area (Å²) in [6, 6.07) is 4.01. The van der Waals surface area contributed by atoms with Crippen LogP contribution in [-0.4, -0.2) is 42.1 Å². The zero-order chi connectivity index (χ0) is 16.3. The zero-order valence-corrected chi connectivity index (χ0v) is 13.3. The Kier molecular flexibility index (Phi) is 5.83. The Bertz CT molecular complexity index is 678. The number of aliphatic carboxylic acids is 1. The molecule has 8 nitrogen and oxygen atoms in total. The van der Waals surface area contributed by atoms with Gasteiger partial charge in [0.25, 0.3) is 0 Å². The van der Waals surface area contributed by atoms with Gasteiger partial charge in [0.05, 0.1) is 17.8 Å². The number of carbonyl (C=O) groups is 1. The van der Waals surface area contributed by atoms with Crippen molar-refractivity contribution in [3.8, 4) is 5.75 Å². The van der Waals surface area contributed by atoms with Gasteiger partial charge in [0.15, 0.2) is 9.84 Å². The van der Waals surface area contributed by atoms with Crippen molar-refractivity contribution in [2.75, 3.05) is 12.9 Å². The van der Waals surface area contributed by atoms with Crippen LogP contribution in [0.4, 0.5) is 0 Å². The molecular weight excluding hydrogens is 343 g/mol. The van der Waals surface area contributed by atoms with Crippen LogP contribution in [0, 0.1) is 0 Å². The Morgan fingerprint density at radius 2 is 2.00 bits per heavy atom. The van der Waals surface area contributed by atoms with Crippen LogP contribution in [0.1, 0.15) is 5.56 Å². The monoisotopic (exact) mass is 356 g/mol. The van der Waals surface area contributed by atoms with Gasteiger partial charge >= 0.3 is 12.8 Å². The van der Waals surface area contributed by atoms with Crippen molar-refractivity contribution >= 4 is 34.0 Å². The first-order valence-corrected chi connectivity index (χ1v) is 10.2. The maximum absolute atomic E-state index is 11.6. The molecule has 0 unspecified atom stereocenters. The van der Waals surface area contributed by atoms with Crippen LogP contribution >= 0.6 is 18.2 Å². The van der Waals surface area contributed by atoms with Crippen LogP contribution in [0.25, 0.3) is 0 Å². The molecule has 0 saturated carbocycles. The summed E-state index contributed by atoms with van der Waals surface area (Å²) in [4.78, 5) is 28.4. The van der Waals surface area contributed by atoms with Crippen LogP contribution in [-0.2, 0) is 24.9 Å². The Balaban J connectivity index is 3.08. The molecule has 118 valence electrons. The highest BCUT2D eigenvalue weighted by atomic mass is 32.7. The second-order valence-electron chi connectivity index (χ2n) is 3.99. The smallest absolute Gasteiger partial charge is 0.388 e. The van der Waals surface area contributed by atoms with Gasteiger partial charge in [-0.2, -0.15) is 0 Å². The predicted octanol–water partition coefficient (Wildman–Crippen LogP) is 0.879. The number of methoxy groups -OCH3 is 1. The van der Waals surface area contributed by atoms with Gasteiger partial charge in [0, 0.05) is 0 Å². The standard InChI is InChI=1S/C10H13O8PS2/c1-18-8-3-2-7(4-9(8)20-19(13,14)15)5-21(16,17)6-10(11)12/h2-4H,5-6H2,1H3,(H,11,12)(H2,13,14,15). The fourth-order valence-corrected chi connectivity index (χ4v) is 4.57. The third kappa shape index (κ3) is 6.49. The lowest BCUT2D eigenvalue weighted by molar-refractivity contribution is -0.134. The number of ether oxygens (including phenoxy) is 1. The highest BCUT2D eigenvalue weighted by Crippen LogP contribution is 2.56. The lowest BCUT2D eigenvalue weighted by Crippen LogP contribution is -2.16. The normalized spacial score (nSPS) is 12.1. The van der Waals surface area contributed by atoms with Crippen molar-refractivity contribution in [3.63, 3.8) is 0 Å². The van der Waals surface area contributed by atoms with E-state index in [2.05, 4.69) is 0 Å². The lowest BCUT2D eigenvalue weighted by Gasteiger charge is -2.11. The molecule has 0 radical (unpaired) electrons. The second-order valence-corrected chi connectivity index (χ2v) is 9.64. The highest BCUT2D eigenvalue weighted by molar-refractivity contribution is 8.54. The number of benzene rings is 1. The third-order valence-electron chi connectivity index (χ3n) is 2.18. The molecule has 0 aromatic heterocycles. The largest absolute Gasteiger partial charge is 0.496 e. The summed E-state index contributed by atoms with van der Waals surface area (Å²) in [6.07, 6.45) is 0. The van der Waals surface area contributed by atoms with Crippen LogP contribution in [0.3, 0.4) is 0 Å². The van der Waals surface area contributed by atoms with Crippen LogP contribution in [0.15, 0.2) is 23.1 Å². The molecule has 1 aromatic carbocycles. The molecule has 0 aliphatic rings. The zero-order valence-electron chi connectivity index (χ0n) is 10.8. The first-order valence-electron chi connectivity index (χ1n) is 5.37. The minimum absolute atomic E-state index is 0.0776. The average Bonchev–Trinajstić information content (AvgIpc) is 2.24. The van der Waals surface area contributed by atoms with E-state index in [0.717, 1.165) is 0 Å². The Hall–Kier alpha value is -1.06. The molecule has 0 aliphatic heterocycles. The van der Waals surface area contributed by atoms with Gasteiger partial charge in [-0.15, -0.1) is 0 Å². The molecule has 0 bridgehead atoms. The van der Waals surface area contributed by atoms with E-state index in [1.807, 2.05) is 0 Å². The molecule has 0 saturated heterocycles. The number of hydrogen-bond donors (Lipinski definition) is 3. The van der Waals surface area contributed by atoms with Gasteiger partial charge < -0.3 is 19.6 Å². The average molecular weight is 356 g/mol. The molecule has 11 heteroatoms. The van der Waals surface area contributed by atoms with Gasteiger partial charge in [-0.25, -0.2) is 13.0 Å². The third-order valence-corrected chi connectivity index (χ3v) is 5.69. The van der Waals surface area contributed by atoms with Gasteiger partial charge in [0.1, 0.15) is 11.5 Å². The fraction of sp³-hybridized carbons (Fsp3) is 0.300. The van der Waals surface area contributed by atoms with Crippen molar-refractivity contribution < 1.29 is 37.4 Å². The Morgan fingerprint density at radius 1 is 1.38 bits per heavy atom. The van der Waals surface area contributed by atoms with E-state index in [4.69, 9.17) is 19.6 Å². The van der Waals surface area contributed by atoms with Crippen molar-refractivity contribution in [1.29, 1.82) is 0 Å². The number of rotatable bonds is 7. The lowest BCUT2D eigenvalue weighted by atomic mass is 10.2. The summed E-state index contributed by atoms with van der Waals surface area (Å²) in [7, 11) is -2.55. The fourth-order valence-electron chi connectivity index (χ4n) is 1.50. The number of carboxylic acid groups (broad SMARTS) is 1. The topological polar surface area (TPSA) is 138 Å². The van der Waals surface area contributed by atoms with E-state index in [-0.39, 0.29) is 27.6 Å². The van der Waals surface area contributed by atoms with Crippen molar-refractivity contribution in [3.05, 3.63) is 23.8 Å². The molecule has 3 N–H and O–H groups in total. The Labute approximate surface area is 125 Å². The summed E-state index contributed by atoms with van der Waals surface area (Å²) in [5, 5.41) is 8.51. The summed E-state index contributed by atoms with van der Waals surface area (Å²) < 4.78 is 39.1. The van der Waals surface area contributed by atoms with Crippen molar-refractivity contribution in [2.45, 2.75) is 10.6 Å². The van der Waals surface area contributed by atoms with E-state index < -0.39 is 34.1 Å². The van der Waals surface area contributed by atoms with E-state index in [1.54, 1.807) is 0 Å². The van der Waals surface area contributed by atoms with Gasteiger partial charge in [-0.3, -0.25) is 4.79 Å². The summed E-state index contributed by atoms with van der Waals surface area (Å²) in [5.41, 5.74) is 0.216. The van der Waals surface area contributed by atoms with Gasteiger partial charge in [-0.05, 0) is 29.1 Å². The maximum atomic E-state index is 11.6. The maximum Gasteiger partial charge on any atom is 0.388 e. The Morgan fingerprint density at radius 3 is 2.48 bits per heavy atom. The highest BCUT2D eigenvalue weighted by Gasteiger charge is 2.21. The number of hydrogen-bond acceptors (Lipinski definition) is 6. The summed E-state index contributed by atoms with van der Waals surface area (Å²) in [6.45, 7) is -4.43. The quantitative estimate of drug-likeness (QED) is 0.608. The second kappa shape index (κ2) is 6.80. The van der Waals surface area contributed by atoms with Crippen LogP contribution < -0.4 is 4.74 Å². The summed E-state index contributed by atoms with van der Waals surface area (Å²) >= 11 is 0.237. The molecular formula is C10H13O8PS2. The first-order chi connectivity index (χ1) is 9.52. The molecule has 1 aromatic rings. The van der Waals surface area contributed by atoms with E-state index in [1.165, 1.54) is 25.3 Å². The molecule has 0 spiro atoms. The molecule has 0 amide bonds. The first kappa shape index (κ1) is 18.0. The molecule has 0 heterocycles. The minimum atomic E-state index is -4.43. The van der Waals surface area contributed by atoms with Gasteiger partial charge in [-0.1, -0.05) is 6.07 Å². The molecule has 21 heavy (non-hydrogen) atoms. The van der Waals surface area contributed by atoms with Gasteiger partial charge in [0.2, 0.25) is 0 Å². The molecule has 1 rings (SSSR count). The summed E-state index contributed by atoms with van der Waals surface area (Å²) in [5.74, 6) is -2.84. The van der Waals surface area contributed by atoms with Crippen LogP contribution in [0.5, 0.6) is 5.75 Å². The SMILES string of the molecule is COc1ccc(CS(=O)(=O)CC(=O)O)cc1SP(=O)(O)O. The van der Waals surface area contributed by atoms with Crippen LogP contribution in [0.2, 0.25) is 0 Å². The van der Waals surface area contributed by atoms with Crippen molar-refractivity contribution in [1.82, 2.24) is 0 Å². The molecule has 0 atom stereocenters. The molecule has 0 fully saturated rings. The number of sulfone groups is 1. The van der Waals surface area contributed by atoms with Crippen molar-refractivity contribution in [2.24, 2.45) is 0 Å². The van der Waals surface area contributed by atoms with E-state index >= 15 is 0 Å². The predicted molar refractivity (Wildman–Crippen MR) is 76.0 cm³/mol. The van der Waals surface area contributed by atoms with E-state index in [9.17, 15) is 17.8 Å². The molecule has 0 aliphatic carbocycles. The minimum Gasteiger partial charge on any atom is -0.496 e. The van der Waals surface area contributed by atoms with E-state index in [0.29, 0.717) is 0 Å².